The molecule has 0 aliphatic carbocycles. The highest BCUT2D eigenvalue weighted by Gasteiger charge is 2.20. The molecule has 1 aliphatic heterocycles. The molecule has 0 aromatic carbocycles. The van der Waals surface area contributed by atoms with Gasteiger partial charge in [-0.25, -0.2) is 9.50 Å². The number of nitrogens with zero attached hydrogens (tertiary/aromatic N) is 5. The molecule has 1 saturated heterocycles. The maximum Gasteiger partial charge on any atom is 0.304 e. The van der Waals surface area contributed by atoms with Crippen LogP contribution in [0.4, 0.5) is 5.82 Å². The summed E-state index contributed by atoms with van der Waals surface area (Å²) in [6, 6.07) is 2.04. The minimum absolute atomic E-state index is 0.204. The molecule has 7 heteroatoms. The van der Waals surface area contributed by atoms with Crippen molar-refractivity contribution < 1.29 is 9.90 Å². The van der Waals surface area contributed by atoms with E-state index in [1.165, 1.54) is 0 Å². The molecule has 1 aliphatic rings. The summed E-state index contributed by atoms with van der Waals surface area (Å²) in [5.41, 5.74) is 2.00. The van der Waals surface area contributed by atoms with Gasteiger partial charge in [-0.2, -0.15) is 5.10 Å². The number of carboxylic acid groups (broad SMARTS) is 1. The molecule has 0 amide bonds. The van der Waals surface area contributed by atoms with Crippen LogP contribution in [0.5, 0.6) is 0 Å². The number of hydrogen-bond donors (Lipinski definition) is 1. The molecule has 0 atom stereocenters. The van der Waals surface area contributed by atoms with Gasteiger partial charge in [-0.3, -0.25) is 9.69 Å². The first-order chi connectivity index (χ1) is 10.1. The average molecular weight is 289 g/mol. The Hall–Kier alpha value is -2.15. The van der Waals surface area contributed by atoms with Gasteiger partial charge in [0.2, 0.25) is 0 Å². The molecule has 1 fully saturated rings. The minimum Gasteiger partial charge on any atom is -0.481 e. The second-order valence-electron chi connectivity index (χ2n) is 5.34. The molecule has 7 nitrogen and oxygen atoms in total. The molecule has 3 rings (SSSR count). The van der Waals surface area contributed by atoms with Crippen molar-refractivity contribution in [2.75, 3.05) is 37.6 Å². The summed E-state index contributed by atoms with van der Waals surface area (Å²) >= 11 is 0. The van der Waals surface area contributed by atoms with Crippen LogP contribution in [0.1, 0.15) is 12.1 Å². The number of anilines is 1. The van der Waals surface area contributed by atoms with Crippen molar-refractivity contribution in [2.45, 2.75) is 13.3 Å². The Balaban J connectivity index is 1.69. The second-order valence-corrected chi connectivity index (χ2v) is 5.34. The lowest BCUT2D eigenvalue weighted by Crippen LogP contribution is -2.47. The maximum absolute atomic E-state index is 10.6. The van der Waals surface area contributed by atoms with Gasteiger partial charge in [-0.05, 0) is 13.0 Å². The van der Waals surface area contributed by atoms with Crippen molar-refractivity contribution in [3.8, 4) is 0 Å². The standard InChI is InChI=1S/C14H19N5O2/c1-11-10-12-14(15-3-5-19(12)16-11)18-8-6-17(7-9-18)4-2-13(20)21/h3,5,10H,2,4,6-9H2,1H3,(H,20,21). The molecule has 112 valence electrons. The molecular weight excluding hydrogens is 270 g/mol. The van der Waals surface area contributed by atoms with Gasteiger partial charge in [0.05, 0.1) is 12.1 Å². The van der Waals surface area contributed by atoms with Crippen LogP contribution in [0, 0.1) is 6.92 Å². The van der Waals surface area contributed by atoms with E-state index in [0.29, 0.717) is 6.54 Å². The Morgan fingerprint density at radius 3 is 2.81 bits per heavy atom. The highest BCUT2D eigenvalue weighted by Crippen LogP contribution is 2.20. The normalized spacial score (nSPS) is 16.5. The van der Waals surface area contributed by atoms with Gasteiger partial charge < -0.3 is 10.0 Å². The second kappa shape index (κ2) is 5.69. The summed E-state index contributed by atoms with van der Waals surface area (Å²) in [5.74, 6) is 0.217. The molecule has 3 heterocycles. The number of carboxylic acids is 1. The number of carbonyl (C=O) groups is 1. The molecule has 1 N–H and O–H groups in total. The van der Waals surface area contributed by atoms with Crippen molar-refractivity contribution >= 4 is 17.3 Å². The van der Waals surface area contributed by atoms with Gasteiger partial charge in [0, 0.05) is 45.1 Å². The lowest BCUT2D eigenvalue weighted by molar-refractivity contribution is -0.137. The number of aryl methyl sites for hydroxylation is 1. The molecular formula is C14H19N5O2. The zero-order valence-electron chi connectivity index (χ0n) is 12.1. The highest BCUT2D eigenvalue weighted by atomic mass is 16.4. The van der Waals surface area contributed by atoms with E-state index in [0.717, 1.165) is 43.2 Å². The van der Waals surface area contributed by atoms with E-state index in [1.807, 2.05) is 23.7 Å². The average Bonchev–Trinajstić information content (AvgIpc) is 2.85. The maximum atomic E-state index is 10.6. The van der Waals surface area contributed by atoms with E-state index >= 15 is 0 Å². The highest BCUT2D eigenvalue weighted by molar-refractivity contribution is 5.69. The topological polar surface area (TPSA) is 74.0 Å². The summed E-state index contributed by atoms with van der Waals surface area (Å²) in [7, 11) is 0. The first-order valence-corrected chi connectivity index (χ1v) is 7.13. The molecule has 0 spiro atoms. The number of hydrogen-bond acceptors (Lipinski definition) is 5. The monoisotopic (exact) mass is 289 g/mol. The Labute approximate surface area is 122 Å². The SMILES string of the molecule is Cc1cc2c(N3CCN(CCC(=O)O)CC3)nccn2n1. The summed E-state index contributed by atoms with van der Waals surface area (Å²) in [6.07, 6.45) is 3.83. The number of fused-ring (bicyclic) bond motifs is 1. The number of rotatable bonds is 4. The quantitative estimate of drug-likeness (QED) is 0.890. The van der Waals surface area contributed by atoms with Crippen LogP contribution in [-0.2, 0) is 4.79 Å². The predicted octanol–water partition coefficient (Wildman–Crippen LogP) is 0.634. The summed E-state index contributed by atoms with van der Waals surface area (Å²) in [5, 5.41) is 13.1. The van der Waals surface area contributed by atoms with E-state index in [4.69, 9.17) is 5.11 Å². The molecule has 0 radical (unpaired) electrons. The lowest BCUT2D eigenvalue weighted by atomic mass is 10.2. The van der Waals surface area contributed by atoms with Crippen molar-refractivity contribution in [2.24, 2.45) is 0 Å². The summed E-state index contributed by atoms with van der Waals surface area (Å²) < 4.78 is 1.86. The third kappa shape index (κ3) is 2.97. The van der Waals surface area contributed by atoms with E-state index in [-0.39, 0.29) is 6.42 Å². The molecule has 0 saturated carbocycles. The van der Waals surface area contributed by atoms with Crippen molar-refractivity contribution in [1.82, 2.24) is 19.5 Å². The smallest absolute Gasteiger partial charge is 0.304 e. The van der Waals surface area contributed by atoms with Gasteiger partial charge in [-0.1, -0.05) is 0 Å². The first kappa shape index (κ1) is 13.8. The third-order valence-electron chi connectivity index (χ3n) is 3.81. The molecule has 2 aromatic rings. The van der Waals surface area contributed by atoms with E-state index in [1.54, 1.807) is 6.20 Å². The Bertz CT molecular complexity index is 646. The van der Waals surface area contributed by atoms with Gasteiger partial charge in [0.15, 0.2) is 5.82 Å². The lowest BCUT2D eigenvalue weighted by Gasteiger charge is -2.35. The van der Waals surface area contributed by atoms with Crippen LogP contribution >= 0.6 is 0 Å². The van der Waals surface area contributed by atoms with Gasteiger partial charge in [0.25, 0.3) is 0 Å². The van der Waals surface area contributed by atoms with Crippen LogP contribution in [0.25, 0.3) is 5.52 Å². The van der Waals surface area contributed by atoms with Crippen LogP contribution < -0.4 is 4.90 Å². The minimum atomic E-state index is -0.737. The van der Waals surface area contributed by atoms with Crippen LogP contribution in [0.2, 0.25) is 0 Å². The van der Waals surface area contributed by atoms with E-state index < -0.39 is 5.97 Å². The first-order valence-electron chi connectivity index (χ1n) is 7.13. The third-order valence-corrected chi connectivity index (χ3v) is 3.81. The largest absolute Gasteiger partial charge is 0.481 e. The Morgan fingerprint density at radius 1 is 1.33 bits per heavy atom. The van der Waals surface area contributed by atoms with E-state index in [2.05, 4.69) is 19.9 Å². The van der Waals surface area contributed by atoms with Gasteiger partial charge >= 0.3 is 5.97 Å². The molecule has 21 heavy (non-hydrogen) atoms. The number of aromatic nitrogens is 3. The van der Waals surface area contributed by atoms with Crippen LogP contribution in [-0.4, -0.2) is 63.3 Å². The Kier molecular flexibility index (Phi) is 3.74. The van der Waals surface area contributed by atoms with Gasteiger partial charge in [-0.15, -0.1) is 0 Å². The van der Waals surface area contributed by atoms with E-state index in [9.17, 15) is 4.79 Å². The zero-order valence-corrected chi connectivity index (χ0v) is 12.1. The number of piperazine rings is 1. The molecule has 2 aromatic heterocycles. The van der Waals surface area contributed by atoms with Crippen molar-refractivity contribution in [3.05, 3.63) is 24.2 Å². The summed E-state index contributed by atoms with van der Waals surface area (Å²) in [4.78, 5) is 19.5. The van der Waals surface area contributed by atoms with Crippen molar-refractivity contribution in [1.29, 1.82) is 0 Å². The predicted molar refractivity (Wildman–Crippen MR) is 78.6 cm³/mol. The Morgan fingerprint density at radius 2 is 2.10 bits per heavy atom. The fourth-order valence-corrected chi connectivity index (χ4v) is 2.71. The van der Waals surface area contributed by atoms with Crippen molar-refractivity contribution in [3.63, 3.8) is 0 Å². The zero-order chi connectivity index (χ0) is 14.8. The fourth-order valence-electron chi connectivity index (χ4n) is 2.71. The number of aliphatic carboxylic acids is 1. The molecule has 0 unspecified atom stereocenters. The van der Waals surface area contributed by atoms with Crippen LogP contribution in [0.3, 0.4) is 0 Å². The summed E-state index contributed by atoms with van der Waals surface area (Å²) in [6.45, 7) is 6.03. The molecule has 0 bridgehead atoms. The van der Waals surface area contributed by atoms with Crippen LogP contribution in [0.15, 0.2) is 18.5 Å². The van der Waals surface area contributed by atoms with Gasteiger partial charge in [0.1, 0.15) is 5.52 Å². The fraction of sp³-hybridized carbons (Fsp3) is 0.500.